The quantitative estimate of drug-likeness (QED) is 0.410. The van der Waals surface area contributed by atoms with Crippen molar-refractivity contribution in [2.75, 3.05) is 30.3 Å². The van der Waals surface area contributed by atoms with Gasteiger partial charge in [-0.05, 0) is 50.0 Å². The SMILES string of the molecule is C=CC(=O)N1CCN(c2nc(=O)[nH]c3nc(-c4c(F)cccc4SCC4CC4)c(F)cc23)[C@@H](C)C1. The minimum atomic E-state index is -0.695. The van der Waals surface area contributed by atoms with Gasteiger partial charge < -0.3 is 9.80 Å². The minimum Gasteiger partial charge on any atom is -0.350 e. The third-order valence-electron chi connectivity index (χ3n) is 6.42. The van der Waals surface area contributed by atoms with E-state index in [1.165, 1.54) is 30.0 Å². The number of piperazine rings is 1. The number of hydrogen-bond donors (Lipinski definition) is 1. The Kier molecular flexibility index (Phi) is 6.31. The van der Waals surface area contributed by atoms with Gasteiger partial charge in [-0.1, -0.05) is 12.6 Å². The molecule has 2 fully saturated rings. The van der Waals surface area contributed by atoms with Gasteiger partial charge >= 0.3 is 5.69 Å². The molecule has 1 N–H and O–H groups in total. The molecule has 1 aliphatic carbocycles. The van der Waals surface area contributed by atoms with Crippen LogP contribution in [-0.4, -0.2) is 57.2 Å². The fraction of sp³-hybridized carbons (Fsp3) is 0.360. The first kappa shape index (κ1) is 23.5. The molecule has 1 atom stereocenters. The summed E-state index contributed by atoms with van der Waals surface area (Å²) in [6, 6.07) is 5.74. The number of hydrogen-bond acceptors (Lipinski definition) is 6. The molecule has 182 valence electrons. The van der Waals surface area contributed by atoms with E-state index in [0.717, 1.165) is 18.6 Å². The number of halogens is 2. The number of carbonyl (C=O) groups excluding carboxylic acids is 1. The zero-order valence-electron chi connectivity index (χ0n) is 19.3. The van der Waals surface area contributed by atoms with Gasteiger partial charge in [0.1, 0.15) is 23.0 Å². The first-order chi connectivity index (χ1) is 16.9. The van der Waals surface area contributed by atoms with Crippen LogP contribution >= 0.6 is 11.8 Å². The van der Waals surface area contributed by atoms with Crippen molar-refractivity contribution in [3.8, 4) is 11.3 Å². The van der Waals surface area contributed by atoms with Gasteiger partial charge in [0.15, 0.2) is 5.82 Å². The van der Waals surface area contributed by atoms with E-state index in [1.807, 2.05) is 11.8 Å². The normalized spacial score (nSPS) is 18.2. The summed E-state index contributed by atoms with van der Waals surface area (Å²) < 4.78 is 30.4. The molecule has 5 rings (SSSR count). The van der Waals surface area contributed by atoms with E-state index >= 15 is 4.39 Å². The molecule has 0 radical (unpaired) electrons. The lowest BCUT2D eigenvalue weighted by Gasteiger charge is -2.40. The highest BCUT2D eigenvalue weighted by Gasteiger charge is 2.29. The van der Waals surface area contributed by atoms with Crippen molar-refractivity contribution in [3.63, 3.8) is 0 Å². The lowest BCUT2D eigenvalue weighted by atomic mass is 10.1. The maximum Gasteiger partial charge on any atom is 0.348 e. The number of rotatable bonds is 6. The Bertz CT molecular complexity index is 1370. The summed E-state index contributed by atoms with van der Waals surface area (Å²) in [5.74, 6) is 0.313. The number of nitrogens with zero attached hydrogens (tertiary/aromatic N) is 4. The molecule has 1 amide bonds. The Morgan fingerprint density at radius 3 is 2.77 bits per heavy atom. The van der Waals surface area contributed by atoms with E-state index in [1.54, 1.807) is 17.0 Å². The van der Waals surface area contributed by atoms with Crippen LogP contribution in [-0.2, 0) is 4.79 Å². The van der Waals surface area contributed by atoms with Gasteiger partial charge in [0.2, 0.25) is 5.91 Å². The molecule has 0 unspecified atom stereocenters. The number of thioether (sulfide) groups is 1. The number of pyridine rings is 1. The average molecular weight is 498 g/mol. The molecule has 2 aromatic heterocycles. The van der Waals surface area contributed by atoms with Gasteiger partial charge in [-0.25, -0.2) is 18.6 Å². The summed E-state index contributed by atoms with van der Waals surface area (Å²) in [5, 5.41) is 0.324. The number of anilines is 1. The molecular weight excluding hydrogens is 472 g/mol. The summed E-state index contributed by atoms with van der Waals surface area (Å²) in [7, 11) is 0. The zero-order valence-corrected chi connectivity index (χ0v) is 20.1. The van der Waals surface area contributed by atoms with Crippen molar-refractivity contribution in [1.29, 1.82) is 0 Å². The predicted octanol–water partition coefficient (Wildman–Crippen LogP) is 3.99. The van der Waals surface area contributed by atoms with Crippen molar-refractivity contribution in [3.05, 3.63) is 59.0 Å². The molecule has 3 heterocycles. The number of aromatic amines is 1. The lowest BCUT2D eigenvalue weighted by molar-refractivity contribution is -0.126. The van der Waals surface area contributed by atoms with Gasteiger partial charge in [0, 0.05) is 36.3 Å². The molecule has 1 saturated heterocycles. The Labute approximate surface area is 205 Å². The third kappa shape index (κ3) is 4.67. The molecule has 1 aliphatic heterocycles. The van der Waals surface area contributed by atoms with Crippen molar-refractivity contribution in [2.45, 2.75) is 30.7 Å². The highest BCUT2D eigenvalue weighted by atomic mass is 32.2. The second-order valence-electron chi connectivity index (χ2n) is 8.98. The molecule has 3 aromatic rings. The van der Waals surface area contributed by atoms with Crippen molar-refractivity contribution >= 4 is 34.5 Å². The fourth-order valence-electron chi connectivity index (χ4n) is 4.38. The third-order valence-corrected chi connectivity index (χ3v) is 7.71. The van der Waals surface area contributed by atoms with Crippen LogP contribution in [0, 0.1) is 17.6 Å². The molecule has 35 heavy (non-hydrogen) atoms. The summed E-state index contributed by atoms with van der Waals surface area (Å²) in [5.41, 5.74) is -0.543. The number of aromatic nitrogens is 3. The van der Waals surface area contributed by atoms with E-state index < -0.39 is 17.3 Å². The van der Waals surface area contributed by atoms with Gasteiger partial charge in [-0.3, -0.25) is 9.78 Å². The van der Waals surface area contributed by atoms with Gasteiger partial charge in [-0.2, -0.15) is 4.98 Å². The first-order valence-electron chi connectivity index (χ1n) is 11.6. The van der Waals surface area contributed by atoms with Crippen LogP contribution in [0.5, 0.6) is 0 Å². The molecule has 10 heteroatoms. The van der Waals surface area contributed by atoms with Crippen LogP contribution in [0.1, 0.15) is 19.8 Å². The standard InChI is InChI=1S/C25H25F2N5O2S/c1-3-20(33)31-9-10-32(14(2)12-31)24-16-11-18(27)22(28-23(16)29-25(34)30-24)21-17(26)5-4-6-19(21)35-13-15-7-8-15/h3-6,11,14-15H,1,7-10,12-13H2,2H3,(H,28,29,30,34)/t14-/m0/s1. The minimum absolute atomic E-state index is 0.0988. The van der Waals surface area contributed by atoms with Crippen molar-refractivity contribution in [2.24, 2.45) is 5.92 Å². The van der Waals surface area contributed by atoms with Crippen molar-refractivity contribution in [1.82, 2.24) is 19.9 Å². The summed E-state index contributed by atoms with van der Waals surface area (Å²) in [6.45, 7) is 6.66. The molecular formula is C25H25F2N5O2S. The van der Waals surface area contributed by atoms with E-state index in [9.17, 15) is 14.0 Å². The lowest BCUT2D eigenvalue weighted by Crippen LogP contribution is -2.54. The summed E-state index contributed by atoms with van der Waals surface area (Å²) in [6.07, 6.45) is 3.58. The summed E-state index contributed by atoms with van der Waals surface area (Å²) in [4.78, 5) is 39.7. The maximum absolute atomic E-state index is 15.5. The van der Waals surface area contributed by atoms with Gasteiger partial charge in [0.25, 0.3) is 0 Å². The molecule has 0 bridgehead atoms. The van der Waals surface area contributed by atoms with Crippen LogP contribution in [0.3, 0.4) is 0 Å². The van der Waals surface area contributed by atoms with Crippen molar-refractivity contribution < 1.29 is 13.6 Å². The average Bonchev–Trinajstić information content (AvgIpc) is 3.66. The van der Waals surface area contributed by atoms with Crippen LogP contribution in [0.4, 0.5) is 14.6 Å². The number of fused-ring (bicyclic) bond motifs is 1. The second-order valence-corrected chi connectivity index (χ2v) is 10.0. The van der Waals surface area contributed by atoms with Crippen LogP contribution in [0.15, 0.2) is 46.6 Å². The first-order valence-corrected chi connectivity index (χ1v) is 12.5. The summed E-state index contributed by atoms with van der Waals surface area (Å²) >= 11 is 1.50. The number of carbonyl (C=O) groups is 1. The molecule has 0 spiro atoms. The monoisotopic (exact) mass is 497 g/mol. The smallest absolute Gasteiger partial charge is 0.348 e. The number of amides is 1. The highest BCUT2D eigenvalue weighted by molar-refractivity contribution is 7.99. The Balaban J connectivity index is 1.56. The highest BCUT2D eigenvalue weighted by Crippen LogP contribution is 2.40. The topological polar surface area (TPSA) is 82.2 Å². The van der Waals surface area contributed by atoms with E-state index in [0.29, 0.717) is 35.8 Å². The van der Waals surface area contributed by atoms with Gasteiger partial charge in [0.05, 0.1) is 10.9 Å². The molecule has 1 aromatic carbocycles. The zero-order chi connectivity index (χ0) is 24.7. The number of nitrogens with one attached hydrogen (secondary N) is 1. The number of benzene rings is 1. The Hall–Kier alpha value is -3.27. The predicted molar refractivity (Wildman–Crippen MR) is 133 cm³/mol. The van der Waals surface area contributed by atoms with E-state index in [4.69, 9.17) is 0 Å². The molecule has 7 nitrogen and oxygen atoms in total. The fourth-order valence-corrected chi connectivity index (χ4v) is 5.64. The molecule has 2 aliphatic rings. The van der Waals surface area contributed by atoms with Gasteiger partial charge in [-0.15, -0.1) is 11.8 Å². The Morgan fingerprint density at radius 1 is 1.26 bits per heavy atom. The largest absolute Gasteiger partial charge is 0.350 e. The van der Waals surface area contributed by atoms with E-state index in [-0.39, 0.29) is 34.7 Å². The Morgan fingerprint density at radius 2 is 2.06 bits per heavy atom. The molecule has 1 saturated carbocycles. The van der Waals surface area contributed by atoms with Crippen LogP contribution < -0.4 is 10.6 Å². The van der Waals surface area contributed by atoms with Crippen LogP contribution in [0.2, 0.25) is 0 Å². The second kappa shape index (κ2) is 9.41. The van der Waals surface area contributed by atoms with Crippen LogP contribution in [0.25, 0.3) is 22.3 Å². The van der Waals surface area contributed by atoms with E-state index in [2.05, 4.69) is 21.5 Å². The number of H-pyrrole nitrogens is 1. The maximum atomic E-state index is 15.5.